The number of pyridine rings is 1. The first kappa shape index (κ1) is 23.0. The molecular weight excluding hydrogens is 428 g/mol. The summed E-state index contributed by atoms with van der Waals surface area (Å²) in [6.07, 6.45) is 2.21. The number of aromatic nitrogens is 1. The second kappa shape index (κ2) is 9.76. The van der Waals surface area contributed by atoms with Gasteiger partial charge in [0.05, 0.1) is 37.1 Å². The summed E-state index contributed by atoms with van der Waals surface area (Å²) in [6.45, 7) is 5.15. The van der Waals surface area contributed by atoms with E-state index in [4.69, 9.17) is 23.7 Å². The number of esters is 1. The molecule has 0 bridgehead atoms. The van der Waals surface area contributed by atoms with Crippen molar-refractivity contribution in [3.8, 4) is 11.5 Å². The van der Waals surface area contributed by atoms with Gasteiger partial charge in [-0.3, -0.25) is 9.78 Å². The zero-order valence-electron chi connectivity index (χ0n) is 19.0. The van der Waals surface area contributed by atoms with E-state index in [1.54, 1.807) is 62.4 Å². The number of carbonyl (C=O) groups excluding carboxylic acids is 2. The third kappa shape index (κ3) is 5.09. The highest BCUT2D eigenvalue weighted by atomic mass is 16.7. The van der Waals surface area contributed by atoms with E-state index >= 15 is 0 Å². The number of fused-ring (bicyclic) bond motifs is 1. The number of hydrogen-bond acceptors (Lipinski definition) is 8. The Kier molecular flexibility index (Phi) is 6.80. The minimum absolute atomic E-state index is 0.134. The van der Waals surface area contributed by atoms with Crippen molar-refractivity contribution in [1.82, 2.24) is 9.88 Å². The van der Waals surface area contributed by atoms with Crippen LogP contribution in [0.15, 0.2) is 36.5 Å². The molecule has 0 spiro atoms. The number of rotatable bonds is 7. The van der Waals surface area contributed by atoms with Crippen LogP contribution in [0.1, 0.15) is 40.3 Å². The van der Waals surface area contributed by atoms with Crippen LogP contribution in [0.2, 0.25) is 0 Å². The molecule has 1 saturated heterocycles. The van der Waals surface area contributed by atoms with E-state index in [0.717, 1.165) is 0 Å². The van der Waals surface area contributed by atoms with E-state index < -0.39 is 11.8 Å². The van der Waals surface area contributed by atoms with E-state index in [9.17, 15) is 9.59 Å². The Morgan fingerprint density at radius 3 is 2.91 bits per heavy atom. The van der Waals surface area contributed by atoms with Crippen molar-refractivity contribution in [2.75, 3.05) is 40.1 Å². The van der Waals surface area contributed by atoms with Crippen molar-refractivity contribution in [2.45, 2.75) is 32.1 Å². The molecule has 1 fully saturated rings. The number of morpholine rings is 1. The first-order valence-electron chi connectivity index (χ1n) is 10.9. The third-order valence-electron chi connectivity index (χ3n) is 5.47. The summed E-state index contributed by atoms with van der Waals surface area (Å²) in [5, 5.41) is 0. The summed E-state index contributed by atoms with van der Waals surface area (Å²) < 4.78 is 27.9. The molecule has 2 aliphatic rings. The molecule has 3 heterocycles. The van der Waals surface area contributed by atoms with Crippen molar-refractivity contribution >= 4 is 11.9 Å². The van der Waals surface area contributed by atoms with Gasteiger partial charge in [0.15, 0.2) is 0 Å². The molecular formula is C24H28N2O7. The molecule has 0 radical (unpaired) electrons. The number of ether oxygens (including phenoxy) is 5. The minimum Gasteiger partial charge on any atom is -0.490 e. The Morgan fingerprint density at radius 1 is 1.24 bits per heavy atom. The number of benzene rings is 1. The second-order valence-corrected chi connectivity index (χ2v) is 8.30. The molecule has 1 aromatic carbocycles. The van der Waals surface area contributed by atoms with Gasteiger partial charge in [0.25, 0.3) is 5.91 Å². The van der Waals surface area contributed by atoms with Gasteiger partial charge in [0.1, 0.15) is 23.7 Å². The van der Waals surface area contributed by atoms with Crippen molar-refractivity contribution in [3.63, 3.8) is 0 Å². The highest BCUT2D eigenvalue weighted by Gasteiger charge is 2.37. The van der Waals surface area contributed by atoms with Crippen LogP contribution >= 0.6 is 0 Å². The number of methoxy groups -OCH3 is 1. The third-order valence-corrected chi connectivity index (χ3v) is 5.47. The maximum atomic E-state index is 13.4. The molecule has 2 aromatic rings. The maximum Gasteiger partial charge on any atom is 0.349 e. The Balaban J connectivity index is 1.51. The fourth-order valence-corrected chi connectivity index (χ4v) is 3.91. The SMILES string of the molecule is COCCc1ncccc1C(=O)N1CCOC[C@H]1COc1cccc2c1C(=O)OC(C)(C)O2. The minimum atomic E-state index is -1.05. The van der Waals surface area contributed by atoms with Crippen LogP contribution in [-0.4, -0.2) is 73.7 Å². The molecule has 1 aromatic heterocycles. The van der Waals surface area contributed by atoms with Gasteiger partial charge in [-0.1, -0.05) is 6.07 Å². The molecule has 0 N–H and O–H groups in total. The summed E-state index contributed by atoms with van der Waals surface area (Å²) in [4.78, 5) is 32.1. The van der Waals surface area contributed by atoms with Crippen molar-refractivity contribution in [3.05, 3.63) is 53.3 Å². The standard InChI is InChI=1S/C24H28N2O7/c1-24(2)32-20-8-4-7-19(21(20)23(28)33-24)31-15-16-14-30-13-11-26(16)22(27)17-6-5-10-25-18(17)9-12-29-3/h4-8,10,16H,9,11-15H2,1-3H3/t16-/m0/s1. The van der Waals surface area contributed by atoms with Gasteiger partial charge in [-0.05, 0) is 24.3 Å². The van der Waals surface area contributed by atoms with E-state index in [-0.39, 0.29) is 24.1 Å². The average Bonchev–Trinajstić information content (AvgIpc) is 2.80. The highest BCUT2D eigenvalue weighted by Crippen LogP contribution is 2.37. The molecule has 33 heavy (non-hydrogen) atoms. The van der Waals surface area contributed by atoms with Crippen LogP contribution in [-0.2, 0) is 20.6 Å². The lowest BCUT2D eigenvalue weighted by atomic mass is 10.1. The number of nitrogens with zero attached hydrogens (tertiary/aromatic N) is 2. The lowest BCUT2D eigenvalue weighted by Gasteiger charge is -2.36. The molecule has 176 valence electrons. The van der Waals surface area contributed by atoms with Crippen molar-refractivity contribution in [2.24, 2.45) is 0 Å². The summed E-state index contributed by atoms with van der Waals surface area (Å²) in [7, 11) is 1.61. The Bertz CT molecular complexity index is 1020. The topological polar surface area (TPSA) is 96.4 Å². The van der Waals surface area contributed by atoms with Gasteiger partial charge in [0.2, 0.25) is 5.79 Å². The lowest BCUT2D eigenvalue weighted by molar-refractivity contribution is -0.127. The highest BCUT2D eigenvalue weighted by molar-refractivity contribution is 5.97. The zero-order chi connectivity index (χ0) is 23.4. The van der Waals surface area contributed by atoms with Crippen molar-refractivity contribution < 1.29 is 33.3 Å². The van der Waals surface area contributed by atoms with Gasteiger partial charge in [-0.15, -0.1) is 0 Å². The van der Waals surface area contributed by atoms with Crippen LogP contribution in [0.5, 0.6) is 11.5 Å². The predicted octanol–water partition coefficient (Wildman–Crippen LogP) is 2.48. The zero-order valence-corrected chi connectivity index (χ0v) is 19.0. The summed E-state index contributed by atoms with van der Waals surface area (Å²) >= 11 is 0. The van der Waals surface area contributed by atoms with Crippen LogP contribution < -0.4 is 9.47 Å². The Hall–Kier alpha value is -3.17. The maximum absolute atomic E-state index is 13.4. The monoisotopic (exact) mass is 456 g/mol. The van der Waals surface area contributed by atoms with Gasteiger partial charge in [0, 0.05) is 40.1 Å². The number of amides is 1. The molecule has 0 saturated carbocycles. The smallest absolute Gasteiger partial charge is 0.349 e. The molecule has 1 amide bonds. The second-order valence-electron chi connectivity index (χ2n) is 8.30. The first-order chi connectivity index (χ1) is 15.9. The largest absolute Gasteiger partial charge is 0.490 e. The van der Waals surface area contributed by atoms with E-state index in [2.05, 4.69) is 4.98 Å². The Labute approximate surface area is 192 Å². The van der Waals surface area contributed by atoms with E-state index in [1.165, 1.54) is 0 Å². The van der Waals surface area contributed by atoms with Crippen LogP contribution in [0.25, 0.3) is 0 Å². The number of hydrogen-bond donors (Lipinski definition) is 0. The summed E-state index contributed by atoms with van der Waals surface area (Å²) in [6, 6.07) is 8.32. The lowest BCUT2D eigenvalue weighted by Crippen LogP contribution is -2.51. The molecule has 0 unspecified atom stereocenters. The molecule has 4 rings (SSSR count). The van der Waals surface area contributed by atoms with Crippen LogP contribution in [0.4, 0.5) is 0 Å². The molecule has 9 nitrogen and oxygen atoms in total. The van der Waals surface area contributed by atoms with E-state index in [0.29, 0.717) is 55.5 Å². The van der Waals surface area contributed by atoms with Crippen LogP contribution in [0.3, 0.4) is 0 Å². The summed E-state index contributed by atoms with van der Waals surface area (Å²) in [5.74, 6) is -0.950. The quantitative estimate of drug-likeness (QED) is 0.587. The average molecular weight is 456 g/mol. The first-order valence-corrected chi connectivity index (χ1v) is 10.9. The van der Waals surface area contributed by atoms with Crippen LogP contribution in [0, 0.1) is 0 Å². The van der Waals surface area contributed by atoms with Gasteiger partial charge >= 0.3 is 5.97 Å². The summed E-state index contributed by atoms with van der Waals surface area (Å²) in [5.41, 5.74) is 1.47. The van der Waals surface area contributed by atoms with E-state index in [1.807, 2.05) is 0 Å². The fourth-order valence-electron chi connectivity index (χ4n) is 3.91. The molecule has 1 atom stereocenters. The molecule has 9 heteroatoms. The normalized spacial score (nSPS) is 19.3. The Morgan fingerprint density at radius 2 is 2.09 bits per heavy atom. The molecule has 0 aliphatic carbocycles. The number of cyclic esters (lactones) is 1. The van der Waals surface area contributed by atoms with Gasteiger partial charge in [-0.2, -0.15) is 0 Å². The predicted molar refractivity (Wildman–Crippen MR) is 118 cm³/mol. The fraction of sp³-hybridized carbons (Fsp3) is 0.458. The van der Waals surface area contributed by atoms with Gasteiger partial charge < -0.3 is 28.6 Å². The number of carbonyl (C=O) groups is 2. The molecule has 2 aliphatic heterocycles. The van der Waals surface area contributed by atoms with Gasteiger partial charge in [-0.25, -0.2) is 4.79 Å². The van der Waals surface area contributed by atoms with Crippen molar-refractivity contribution in [1.29, 1.82) is 0 Å².